The molecule has 168 valence electrons. The number of aliphatic hydroxyl groups excluding tert-OH is 1. The number of rotatable bonds is 7. The zero-order valence-corrected chi connectivity index (χ0v) is 18.0. The number of aromatic nitrogens is 1. The minimum Gasteiger partial charge on any atom is -0.394 e. The van der Waals surface area contributed by atoms with Crippen molar-refractivity contribution in [3.8, 4) is 0 Å². The van der Waals surface area contributed by atoms with E-state index in [2.05, 4.69) is 15.3 Å². The number of aliphatic imine (C=N–C) groups is 1. The Labute approximate surface area is 190 Å². The first-order chi connectivity index (χ1) is 16.0. The normalized spacial score (nSPS) is 14.9. The van der Waals surface area contributed by atoms with Crippen molar-refractivity contribution in [1.29, 1.82) is 0 Å². The molecule has 0 aliphatic carbocycles. The van der Waals surface area contributed by atoms with Gasteiger partial charge in [-0.05, 0) is 53.6 Å². The van der Waals surface area contributed by atoms with Gasteiger partial charge in [0.05, 0.1) is 30.5 Å². The summed E-state index contributed by atoms with van der Waals surface area (Å²) in [5, 5.41) is 12.7. The van der Waals surface area contributed by atoms with Gasteiger partial charge in [-0.2, -0.15) is 0 Å². The van der Waals surface area contributed by atoms with Crippen molar-refractivity contribution in [2.75, 3.05) is 13.2 Å². The Balaban J connectivity index is 1.60. The second-order valence-corrected chi connectivity index (χ2v) is 7.85. The predicted octanol–water partition coefficient (Wildman–Crippen LogP) is 4.14. The Kier molecular flexibility index (Phi) is 6.70. The maximum Gasteiger partial charge on any atom is 0.252 e. The van der Waals surface area contributed by atoms with E-state index in [1.165, 1.54) is 30.3 Å². The molecule has 2 atom stereocenters. The van der Waals surface area contributed by atoms with E-state index in [0.717, 1.165) is 16.8 Å². The molecule has 1 amide bonds. The molecule has 0 fully saturated rings. The number of hydrogen-bond acceptors (Lipinski definition) is 4. The van der Waals surface area contributed by atoms with E-state index in [9.17, 15) is 18.7 Å². The van der Waals surface area contributed by atoms with E-state index in [1.807, 2.05) is 19.1 Å². The molecule has 2 heterocycles. The number of allylic oxidation sites excluding steroid dienone is 1. The van der Waals surface area contributed by atoms with Gasteiger partial charge < -0.3 is 10.4 Å². The summed E-state index contributed by atoms with van der Waals surface area (Å²) in [6.45, 7) is 1.85. The van der Waals surface area contributed by atoms with Crippen molar-refractivity contribution in [2.45, 2.75) is 18.9 Å². The highest BCUT2D eigenvalue weighted by Crippen LogP contribution is 2.25. The van der Waals surface area contributed by atoms with Crippen LogP contribution in [-0.2, 0) is 0 Å². The third-order valence-corrected chi connectivity index (χ3v) is 5.73. The summed E-state index contributed by atoms with van der Waals surface area (Å²) in [6, 6.07) is 15.1. The number of hydrogen-bond donors (Lipinski definition) is 2. The lowest BCUT2D eigenvalue weighted by Crippen LogP contribution is -2.41. The van der Waals surface area contributed by atoms with Crippen LogP contribution in [0.5, 0.6) is 0 Å². The molecule has 7 heteroatoms. The molecule has 3 aromatic rings. The maximum atomic E-state index is 14.9. The van der Waals surface area contributed by atoms with Crippen LogP contribution < -0.4 is 5.32 Å². The first-order valence-electron chi connectivity index (χ1n) is 10.6. The second-order valence-electron chi connectivity index (χ2n) is 7.85. The van der Waals surface area contributed by atoms with Crippen molar-refractivity contribution in [1.82, 2.24) is 10.3 Å². The Morgan fingerprint density at radius 2 is 1.88 bits per heavy atom. The van der Waals surface area contributed by atoms with E-state index >= 15 is 0 Å². The molecule has 1 aromatic heterocycles. The number of nitrogens with one attached hydrogen (secondary N) is 1. The van der Waals surface area contributed by atoms with Crippen LogP contribution in [0.3, 0.4) is 0 Å². The van der Waals surface area contributed by atoms with Gasteiger partial charge in [0.1, 0.15) is 11.6 Å². The van der Waals surface area contributed by atoms with E-state index in [1.54, 1.807) is 30.5 Å². The minimum absolute atomic E-state index is 0.0919. The number of carbonyl (C=O) groups excluding carboxylic acids is 1. The maximum absolute atomic E-state index is 14.9. The summed E-state index contributed by atoms with van der Waals surface area (Å²) in [5.41, 5.74) is 2.87. The number of aliphatic hydroxyl groups is 1. The van der Waals surface area contributed by atoms with Crippen molar-refractivity contribution in [3.63, 3.8) is 0 Å². The highest BCUT2D eigenvalue weighted by molar-refractivity contribution is 6.19. The molecule has 33 heavy (non-hydrogen) atoms. The summed E-state index contributed by atoms with van der Waals surface area (Å²) in [5.74, 6) is -1.69. The van der Waals surface area contributed by atoms with Gasteiger partial charge in [0.25, 0.3) is 5.91 Å². The highest BCUT2D eigenvalue weighted by atomic mass is 19.1. The van der Waals surface area contributed by atoms with Crippen LogP contribution >= 0.6 is 0 Å². The summed E-state index contributed by atoms with van der Waals surface area (Å²) in [4.78, 5) is 21.9. The van der Waals surface area contributed by atoms with Gasteiger partial charge in [0.2, 0.25) is 0 Å². The first kappa shape index (κ1) is 22.5. The van der Waals surface area contributed by atoms with E-state index < -0.39 is 17.8 Å². The third kappa shape index (κ3) is 4.88. The van der Waals surface area contributed by atoms with E-state index in [-0.39, 0.29) is 29.5 Å². The van der Waals surface area contributed by atoms with Gasteiger partial charge in [-0.1, -0.05) is 31.2 Å². The molecular formula is C26H23F2N3O2. The van der Waals surface area contributed by atoms with E-state index in [4.69, 9.17) is 0 Å². The Bertz CT molecular complexity index is 1210. The molecule has 0 spiro atoms. The summed E-state index contributed by atoms with van der Waals surface area (Å²) < 4.78 is 28.1. The Hall–Kier alpha value is -3.71. The van der Waals surface area contributed by atoms with Gasteiger partial charge in [0.15, 0.2) is 0 Å². The number of carbonyl (C=O) groups is 1. The van der Waals surface area contributed by atoms with Crippen molar-refractivity contribution >= 4 is 17.2 Å². The van der Waals surface area contributed by atoms with Crippen LogP contribution in [0.4, 0.5) is 8.78 Å². The zero-order chi connectivity index (χ0) is 23.4. The fourth-order valence-corrected chi connectivity index (χ4v) is 3.82. The lowest BCUT2D eigenvalue weighted by Gasteiger charge is -2.23. The highest BCUT2D eigenvalue weighted by Gasteiger charge is 2.26. The van der Waals surface area contributed by atoms with Gasteiger partial charge in [-0.15, -0.1) is 0 Å². The topological polar surface area (TPSA) is 74.6 Å². The van der Waals surface area contributed by atoms with Crippen molar-refractivity contribution in [3.05, 3.63) is 107 Å². The summed E-state index contributed by atoms with van der Waals surface area (Å²) >= 11 is 0. The predicted molar refractivity (Wildman–Crippen MR) is 123 cm³/mol. The molecule has 0 radical (unpaired) electrons. The Morgan fingerprint density at radius 1 is 1.09 bits per heavy atom. The molecule has 0 saturated heterocycles. The molecule has 0 saturated carbocycles. The first-order valence-corrected chi connectivity index (χ1v) is 10.6. The standard InChI is InChI=1S/C26H23F2N3O2/c1-16(22-7-2-3-12-29-22)24(15-32)31-26(33)20-5-4-6-21(28)25(20)23-13-18(14-30-23)17-8-10-19(27)11-9-17/h2-13,16,24,32H,14-15H2,1H3,(H,31,33)/t16?,24-/m0/s1. The van der Waals surface area contributed by atoms with Gasteiger partial charge in [-0.3, -0.25) is 14.8 Å². The monoisotopic (exact) mass is 447 g/mol. The van der Waals surface area contributed by atoms with Gasteiger partial charge >= 0.3 is 0 Å². The SMILES string of the molecule is CC(c1ccccn1)[C@H](CO)NC(=O)c1cccc(F)c1C1=NCC(c2ccc(F)cc2)=C1. The van der Waals surface area contributed by atoms with Crippen molar-refractivity contribution < 1.29 is 18.7 Å². The van der Waals surface area contributed by atoms with Crippen molar-refractivity contribution in [2.24, 2.45) is 4.99 Å². The van der Waals surface area contributed by atoms with Crippen LogP contribution in [0.15, 0.2) is 77.9 Å². The number of benzene rings is 2. The average Bonchev–Trinajstić information content (AvgIpc) is 3.32. The quantitative estimate of drug-likeness (QED) is 0.572. The molecular weight excluding hydrogens is 424 g/mol. The molecule has 5 nitrogen and oxygen atoms in total. The van der Waals surface area contributed by atoms with Crippen LogP contribution in [-0.4, -0.2) is 40.9 Å². The second kappa shape index (κ2) is 9.83. The smallest absolute Gasteiger partial charge is 0.252 e. The summed E-state index contributed by atoms with van der Waals surface area (Å²) in [7, 11) is 0. The molecule has 4 rings (SSSR count). The zero-order valence-electron chi connectivity index (χ0n) is 18.0. The number of pyridine rings is 1. The largest absolute Gasteiger partial charge is 0.394 e. The molecule has 0 bridgehead atoms. The fourth-order valence-electron chi connectivity index (χ4n) is 3.82. The van der Waals surface area contributed by atoms with Crippen LogP contribution in [0, 0.1) is 11.6 Å². The van der Waals surface area contributed by atoms with Crippen LogP contribution in [0.25, 0.3) is 5.57 Å². The minimum atomic E-state index is -0.612. The third-order valence-electron chi connectivity index (χ3n) is 5.73. The molecule has 1 aliphatic heterocycles. The summed E-state index contributed by atoms with van der Waals surface area (Å²) in [6.07, 6.45) is 3.36. The number of nitrogens with zero attached hydrogens (tertiary/aromatic N) is 2. The molecule has 2 aromatic carbocycles. The lowest BCUT2D eigenvalue weighted by atomic mass is 9.96. The van der Waals surface area contributed by atoms with Gasteiger partial charge in [-0.25, -0.2) is 8.78 Å². The van der Waals surface area contributed by atoms with Crippen LogP contribution in [0.2, 0.25) is 0 Å². The number of halogens is 2. The average molecular weight is 447 g/mol. The molecule has 2 N–H and O–H groups in total. The van der Waals surface area contributed by atoms with E-state index in [0.29, 0.717) is 12.3 Å². The fraction of sp³-hybridized carbons (Fsp3) is 0.192. The van der Waals surface area contributed by atoms with Gasteiger partial charge in [0, 0.05) is 23.4 Å². The van der Waals surface area contributed by atoms with Crippen LogP contribution in [0.1, 0.15) is 40.0 Å². The Morgan fingerprint density at radius 3 is 2.58 bits per heavy atom. The molecule has 1 aliphatic rings. The molecule has 1 unspecified atom stereocenters. The number of amides is 1. The lowest BCUT2D eigenvalue weighted by molar-refractivity contribution is 0.0906.